The average molecular weight is 258 g/mol. The Balaban J connectivity index is 0.00000256. The molecule has 0 bridgehead atoms. The molecule has 0 aliphatic rings. The van der Waals surface area contributed by atoms with Crippen LogP contribution in [0.15, 0.2) is 12.1 Å². The van der Waals surface area contributed by atoms with Gasteiger partial charge in [0.2, 0.25) is 0 Å². The predicted molar refractivity (Wildman–Crippen MR) is 75.8 cm³/mol. The minimum atomic E-state index is 0. The summed E-state index contributed by atoms with van der Waals surface area (Å²) in [5.74, 6) is 1.01. The van der Waals surface area contributed by atoms with E-state index in [1.807, 2.05) is 13.8 Å². The minimum absolute atomic E-state index is 0. The minimum Gasteiger partial charge on any atom is -0.508 e. The lowest BCUT2D eigenvalue weighted by Gasteiger charge is -2.18. The number of phenols is 1. The Kier molecular flexibility index (Phi) is 6.58. The zero-order chi connectivity index (χ0) is 12.3. The third-order valence-electron chi connectivity index (χ3n) is 3.00. The zero-order valence-electron chi connectivity index (χ0n) is 11.2. The molecule has 0 aliphatic heterocycles. The van der Waals surface area contributed by atoms with Crippen molar-refractivity contribution in [2.45, 2.75) is 46.6 Å². The van der Waals surface area contributed by atoms with Gasteiger partial charge in [0.15, 0.2) is 0 Å². The van der Waals surface area contributed by atoms with Crippen molar-refractivity contribution >= 4 is 12.4 Å². The van der Waals surface area contributed by atoms with Crippen LogP contribution in [-0.2, 0) is 0 Å². The van der Waals surface area contributed by atoms with Crippen molar-refractivity contribution in [2.75, 3.05) is 0 Å². The van der Waals surface area contributed by atoms with E-state index in [9.17, 15) is 5.11 Å². The lowest BCUT2D eigenvalue weighted by molar-refractivity contribution is 0.472. The van der Waals surface area contributed by atoms with E-state index in [4.69, 9.17) is 5.73 Å². The standard InChI is InChI=1S/C14H23NO.ClH/c1-9(2)5-6-13(15)14-10(3)7-12(16)8-11(14)4;/h7-9,13,16H,5-6,15H2,1-4H3;1H/t13-;/m0./s1. The number of benzene rings is 1. The Morgan fingerprint density at radius 1 is 1.12 bits per heavy atom. The van der Waals surface area contributed by atoms with Crippen LogP contribution in [0.25, 0.3) is 0 Å². The molecular weight excluding hydrogens is 234 g/mol. The Hall–Kier alpha value is -0.730. The molecule has 0 radical (unpaired) electrons. The lowest BCUT2D eigenvalue weighted by atomic mass is 9.92. The highest BCUT2D eigenvalue weighted by Crippen LogP contribution is 2.28. The Bertz CT molecular complexity index is 340. The van der Waals surface area contributed by atoms with E-state index in [0.717, 1.165) is 24.0 Å². The molecule has 0 saturated carbocycles. The summed E-state index contributed by atoms with van der Waals surface area (Å²) in [6, 6.07) is 3.66. The van der Waals surface area contributed by atoms with Gasteiger partial charge in [-0.15, -0.1) is 12.4 Å². The number of hydrogen-bond donors (Lipinski definition) is 2. The molecule has 0 aliphatic carbocycles. The average Bonchev–Trinajstić information content (AvgIpc) is 2.12. The van der Waals surface area contributed by atoms with Crippen molar-refractivity contribution in [3.05, 3.63) is 28.8 Å². The molecule has 98 valence electrons. The summed E-state index contributed by atoms with van der Waals surface area (Å²) >= 11 is 0. The summed E-state index contributed by atoms with van der Waals surface area (Å²) in [6.45, 7) is 8.45. The van der Waals surface area contributed by atoms with Gasteiger partial charge in [-0.1, -0.05) is 13.8 Å². The number of aryl methyl sites for hydroxylation is 2. The molecule has 0 spiro atoms. The molecule has 1 aromatic carbocycles. The monoisotopic (exact) mass is 257 g/mol. The summed E-state index contributed by atoms with van der Waals surface area (Å²) in [5.41, 5.74) is 9.59. The molecule has 0 aromatic heterocycles. The normalized spacial score (nSPS) is 12.4. The molecule has 3 N–H and O–H groups in total. The largest absolute Gasteiger partial charge is 0.508 e. The fourth-order valence-electron chi connectivity index (χ4n) is 2.19. The van der Waals surface area contributed by atoms with Gasteiger partial charge in [-0.05, 0) is 61.4 Å². The van der Waals surface area contributed by atoms with Crippen molar-refractivity contribution in [1.29, 1.82) is 0 Å². The fourth-order valence-corrected chi connectivity index (χ4v) is 2.19. The molecule has 0 saturated heterocycles. The van der Waals surface area contributed by atoms with Gasteiger partial charge in [-0.3, -0.25) is 0 Å². The molecular formula is C14H24ClNO. The second-order valence-corrected chi connectivity index (χ2v) is 5.07. The van der Waals surface area contributed by atoms with Crippen LogP contribution in [0, 0.1) is 19.8 Å². The first-order chi connectivity index (χ1) is 7.41. The van der Waals surface area contributed by atoms with E-state index in [0.29, 0.717) is 11.7 Å². The van der Waals surface area contributed by atoms with E-state index >= 15 is 0 Å². The smallest absolute Gasteiger partial charge is 0.116 e. The zero-order valence-corrected chi connectivity index (χ0v) is 12.0. The quantitative estimate of drug-likeness (QED) is 0.860. The van der Waals surface area contributed by atoms with Crippen LogP contribution in [0.4, 0.5) is 0 Å². The van der Waals surface area contributed by atoms with Crippen molar-refractivity contribution in [2.24, 2.45) is 11.7 Å². The van der Waals surface area contributed by atoms with E-state index in [-0.39, 0.29) is 18.4 Å². The van der Waals surface area contributed by atoms with Crippen molar-refractivity contribution < 1.29 is 5.11 Å². The van der Waals surface area contributed by atoms with Crippen molar-refractivity contribution in [1.82, 2.24) is 0 Å². The number of aromatic hydroxyl groups is 1. The molecule has 1 atom stereocenters. The summed E-state index contributed by atoms with van der Waals surface area (Å²) in [4.78, 5) is 0. The maximum Gasteiger partial charge on any atom is 0.116 e. The first-order valence-electron chi connectivity index (χ1n) is 5.97. The number of phenolic OH excluding ortho intramolecular Hbond substituents is 1. The summed E-state index contributed by atoms with van der Waals surface area (Å²) in [7, 11) is 0. The SMILES string of the molecule is Cc1cc(O)cc(C)c1[C@@H](N)CCC(C)C.Cl. The van der Waals surface area contributed by atoms with Gasteiger partial charge in [0, 0.05) is 6.04 Å². The molecule has 1 rings (SSSR count). The molecule has 17 heavy (non-hydrogen) atoms. The van der Waals surface area contributed by atoms with Gasteiger partial charge < -0.3 is 10.8 Å². The molecule has 2 nitrogen and oxygen atoms in total. The van der Waals surface area contributed by atoms with Crippen molar-refractivity contribution in [3.63, 3.8) is 0 Å². The van der Waals surface area contributed by atoms with Gasteiger partial charge in [0.25, 0.3) is 0 Å². The van der Waals surface area contributed by atoms with Crippen LogP contribution >= 0.6 is 12.4 Å². The molecule has 0 amide bonds. The van der Waals surface area contributed by atoms with E-state index in [2.05, 4.69) is 13.8 Å². The van der Waals surface area contributed by atoms with Crippen LogP contribution in [0.1, 0.15) is 49.4 Å². The van der Waals surface area contributed by atoms with E-state index in [1.165, 1.54) is 5.56 Å². The van der Waals surface area contributed by atoms with E-state index < -0.39 is 0 Å². The molecule has 0 fully saturated rings. The summed E-state index contributed by atoms with van der Waals surface area (Å²) < 4.78 is 0. The van der Waals surface area contributed by atoms with Crippen LogP contribution < -0.4 is 5.73 Å². The predicted octanol–water partition coefficient (Wildman–Crippen LogP) is 3.87. The summed E-state index contributed by atoms with van der Waals surface area (Å²) in [5, 5.41) is 9.48. The Morgan fingerprint density at radius 2 is 1.59 bits per heavy atom. The Labute approximate surface area is 111 Å². The van der Waals surface area contributed by atoms with Crippen LogP contribution in [0.5, 0.6) is 5.75 Å². The van der Waals surface area contributed by atoms with Gasteiger partial charge in [0.05, 0.1) is 0 Å². The fraction of sp³-hybridized carbons (Fsp3) is 0.571. The lowest BCUT2D eigenvalue weighted by Crippen LogP contribution is -2.14. The maximum atomic E-state index is 9.48. The second-order valence-electron chi connectivity index (χ2n) is 5.07. The highest BCUT2D eigenvalue weighted by molar-refractivity contribution is 5.85. The van der Waals surface area contributed by atoms with Crippen molar-refractivity contribution in [3.8, 4) is 5.75 Å². The Morgan fingerprint density at radius 3 is 2.00 bits per heavy atom. The number of nitrogens with two attached hydrogens (primary N) is 1. The molecule has 3 heteroatoms. The van der Waals surface area contributed by atoms with Crippen LogP contribution in [0.3, 0.4) is 0 Å². The topological polar surface area (TPSA) is 46.2 Å². The highest BCUT2D eigenvalue weighted by atomic mass is 35.5. The van der Waals surface area contributed by atoms with E-state index in [1.54, 1.807) is 12.1 Å². The third-order valence-corrected chi connectivity index (χ3v) is 3.00. The first-order valence-corrected chi connectivity index (χ1v) is 5.97. The number of hydrogen-bond acceptors (Lipinski definition) is 2. The molecule has 0 heterocycles. The van der Waals surface area contributed by atoms with Gasteiger partial charge in [0.1, 0.15) is 5.75 Å². The number of halogens is 1. The van der Waals surface area contributed by atoms with Gasteiger partial charge in [-0.2, -0.15) is 0 Å². The summed E-state index contributed by atoms with van der Waals surface area (Å²) in [6.07, 6.45) is 2.14. The van der Waals surface area contributed by atoms with Gasteiger partial charge in [-0.25, -0.2) is 0 Å². The molecule has 0 unspecified atom stereocenters. The third kappa shape index (κ3) is 4.57. The van der Waals surface area contributed by atoms with Crippen LogP contribution in [0.2, 0.25) is 0 Å². The number of rotatable bonds is 4. The first kappa shape index (κ1) is 16.3. The molecule has 1 aromatic rings. The van der Waals surface area contributed by atoms with Crippen LogP contribution in [-0.4, -0.2) is 5.11 Å². The van der Waals surface area contributed by atoms with Gasteiger partial charge >= 0.3 is 0 Å². The highest BCUT2D eigenvalue weighted by Gasteiger charge is 2.13. The maximum absolute atomic E-state index is 9.48. The second kappa shape index (κ2) is 6.87.